The van der Waals surface area contributed by atoms with Crippen LogP contribution in [0, 0.1) is 0 Å². The van der Waals surface area contributed by atoms with Crippen LogP contribution in [0.4, 0.5) is 0 Å². The van der Waals surface area contributed by atoms with Crippen molar-refractivity contribution >= 4 is 5.97 Å². The van der Waals surface area contributed by atoms with Crippen molar-refractivity contribution in [1.29, 1.82) is 0 Å². The summed E-state index contributed by atoms with van der Waals surface area (Å²) in [5.74, 6) is -0.224. The first-order chi connectivity index (χ1) is 6.61. The molecule has 0 rings (SSSR count). The molecule has 0 heterocycles. The number of carbonyl (C=O) groups is 1. The third-order valence-corrected chi connectivity index (χ3v) is 1.78. The maximum atomic E-state index is 11.3. The summed E-state index contributed by atoms with van der Waals surface area (Å²) < 4.78 is 9.88. The van der Waals surface area contributed by atoms with Crippen molar-refractivity contribution in [3.05, 3.63) is 0 Å². The number of hydrogen-bond acceptors (Lipinski definition) is 4. The lowest BCUT2D eigenvalue weighted by Gasteiger charge is -2.18. The summed E-state index contributed by atoms with van der Waals surface area (Å²) in [6.07, 6.45) is 0.651. The Bertz CT molecular complexity index is 159. The fraction of sp³-hybridized carbons (Fsp3) is 0.900. The summed E-state index contributed by atoms with van der Waals surface area (Å²) in [5, 5.41) is 3.13. The smallest absolute Gasteiger partial charge is 0.322 e. The van der Waals surface area contributed by atoms with Crippen LogP contribution in [0.25, 0.3) is 0 Å². The third-order valence-electron chi connectivity index (χ3n) is 1.78. The Morgan fingerprint density at radius 2 is 2.07 bits per heavy atom. The van der Waals surface area contributed by atoms with Crippen molar-refractivity contribution < 1.29 is 14.3 Å². The maximum Gasteiger partial charge on any atom is 0.322 e. The van der Waals surface area contributed by atoms with Gasteiger partial charge in [0.2, 0.25) is 0 Å². The number of carbonyl (C=O) groups excluding carboxylic acids is 1. The lowest BCUT2D eigenvalue weighted by atomic mass is 10.2. The summed E-state index contributed by atoms with van der Waals surface area (Å²) in [7, 11) is 1.40. The second kappa shape index (κ2) is 7.76. The van der Waals surface area contributed by atoms with Gasteiger partial charge in [-0.05, 0) is 13.3 Å². The summed E-state index contributed by atoms with van der Waals surface area (Å²) in [6, 6.07) is 0.00674. The monoisotopic (exact) mass is 203 g/mol. The Hall–Kier alpha value is -0.610. The molecule has 0 radical (unpaired) electrons. The summed E-state index contributed by atoms with van der Waals surface area (Å²) >= 11 is 0. The minimum Gasteiger partial charge on any atom is -0.468 e. The maximum absolute atomic E-state index is 11.3. The standard InChI is InChI=1S/C10H21NO3/c1-5-14-7-6-9(10(12)13-4)11-8(2)3/h8-9,11H,5-7H2,1-4H3. The highest BCUT2D eigenvalue weighted by atomic mass is 16.5. The molecule has 0 aliphatic carbocycles. The van der Waals surface area contributed by atoms with Crippen molar-refractivity contribution in [2.24, 2.45) is 0 Å². The van der Waals surface area contributed by atoms with Crippen molar-refractivity contribution in [2.75, 3.05) is 20.3 Å². The first-order valence-corrected chi connectivity index (χ1v) is 5.03. The Balaban J connectivity index is 3.91. The van der Waals surface area contributed by atoms with Gasteiger partial charge in [-0.15, -0.1) is 0 Å². The molecule has 1 atom stereocenters. The lowest BCUT2D eigenvalue weighted by Crippen LogP contribution is -2.42. The van der Waals surface area contributed by atoms with Gasteiger partial charge in [0.15, 0.2) is 0 Å². The van der Waals surface area contributed by atoms with E-state index in [4.69, 9.17) is 4.74 Å². The van der Waals surface area contributed by atoms with Crippen LogP contribution in [-0.4, -0.2) is 38.4 Å². The van der Waals surface area contributed by atoms with E-state index in [0.29, 0.717) is 19.6 Å². The zero-order valence-corrected chi connectivity index (χ0v) is 9.50. The number of nitrogens with one attached hydrogen (secondary N) is 1. The minimum absolute atomic E-state index is 0.224. The predicted octanol–water partition coefficient (Wildman–Crippen LogP) is 0.953. The number of hydrogen-bond donors (Lipinski definition) is 1. The van der Waals surface area contributed by atoms with Gasteiger partial charge in [0.1, 0.15) is 6.04 Å². The molecule has 0 aromatic carbocycles. The molecule has 1 N–H and O–H groups in total. The Kier molecular flexibility index (Phi) is 7.42. The van der Waals surface area contributed by atoms with E-state index in [0.717, 1.165) is 0 Å². The van der Waals surface area contributed by atoms with Gasteiger partial charge in [0.05, 0.1) is 7.11 Å². The molecule has 4 heteroatoms. The van der Waals surface area contributed by atoms with E-state index in [1.807, 2.05) is 20.8 Å². The van der Waals surface area contributed by atoms with Crippen molar-refractivity contribution in [1.82, 2.24) is 5.32 Å². The van der Waals surface area contributed by atoms with Crippen LogP contribution >= 0.6 is 0 Å². The zero-order valence-electron chi connectivity index (χ0n) is 9.50. The molecule has 0 aromatic heterocycles. The molecule has 0 spiro atoms. The summed E-state index contributed by atoms with van der Waals surface area (Å²) in [5.41, 5.74) is 0. The van der Waals surface area contributed by atoms with Crippen molar-refractivity contribution in [2.45, 2.75) is 39.3 Å². The van der Waals surface area contributed by atoms with Gasteiger partial charge < -0.3 is 14.8 Å². The van der Waals surface area contributed by atoms with Crippen LogP contribution in [-0.2, 0) is 14.3 Å². The van der Waals surface area contributed by atoms with Gasteiger partial charge in [-0.25, -0.2) is 0 Å². The molecule has 0 aliphatic rings. The van der Waals surface area contributed by atoms with Crippen LogP contribution in [0.15, 0.2) is 0 Å². The molecule has 0 aromatic rings. The molecule has 1 unspecified atom stereocenters. The number of rotatable bonds is 7. The Morgan fingerprint density at radius 1 is 1.43 bits per heavy atom. The molecule has 0 aliphatic heterocycles. The first kappa shape index (κ1) is 13.4. The normalized spacial score (nSPS) is 12.9. The van der Waals surface area contributed by atoms with E-state index in [1.54, 1.807) is 0 Å². The van der Waals surface area contributed by atoms with Gasteiger partial charge in [0, 0.05) is 19.3 Å². The summed E-state index contributed by atoms with van der Waals surface area (Å²) in [6.45, 7) is 7.18. The van der Waals surface area contributed by atoms with E-state index < -0.39 is 0 Å². The topological polar surface area (TPSA) is 47.6 Å². The Morgan fingerprint density at radius 3 is 2.50 bits per heavy atom. The quantitative estimate of drug-likeness (QED) is 0.494. The molecule has 0 fully saturated rings. The lowest BCUT2D eigenvalue weighted by molar-refractivity contribution is -0.143. The largest absolute Gasteiger partial charge is 0.468 e. The fourth-order valence-electron chi connectivity index (χ4n) is 1.16. The average Bonchev–Trinajstić information content (AvgIpc) is 2.15. The molecule has 0 saturated heterocycles. The second-order valence-corrected chi connectivity index (χ2v) is 3.38. The van der Waals surface area contributed by atoms with E-state index in [-0.39, 0.29) is 18.1 Å². The van der Waals surface area contributed by atoms with Crippen LogP contribution in [0.2, 0.25) is 0 Å². The number of methoxy groups -OCH3 is 1. The Labute approximate surface area is 86.0 Å². The molecule has 0 saturated carbocycles. The summed E-state index contributed by atoms with van der Waals surface area (Å²) in [4.78, 5) is 11.3. The molecule has 4 nitrogen and oxygen atoms in total. The molecule has 0 bridgehead atoms. The first-order valence-electron chi connectivity index (χ1n) is 5.03. The predicted molar refractivity (Wildman–Crippen MR) is 55.2 cm³/mol. The van der Waals surface area contributed by atoms with Crippen LogP contribution in [0.1, 0.15) is 27.2 Å². The van der Waals surface area contributed by atoms with Gasteiger partial charge in [0.25, 0.3) is 0 Å². The van der Waals surface area contributed by atoms with E-state index >= 15 is 0 Å². The highest BCUT2D eigenvalue weighted by Gasteiger charge is 2.18. The molecule has 0 amide bonds. The average molecular weight is 203 g/mol. The third kappa shape index (κ3) is 5.94. The molecule has 14 heavy (non-hydrogen) atoms. The van der Waals surface area contributed by atoms with E-state index in [1.165, 1.54) is 7.11 Å². The van der Waals surface area contributed by atoms with E-state index in [2.05, 4.69) is 10.1 Å². The number of esters is 1. The van der Waals surface area contributed by atoms with Gasteiger partial charge in [-0.2, -0.15) is 0 Å². The van der Waals surface area contributed by atoms with E-state index in [9.17, 15) is 4.79 Å². The highest BCUT2D eigenvalue weighted by Crippen LogP contribution is 1.98. The molecule has 84 valence electrons. The van der Waals surface area contributed by atoms with Crippen molar-refractivity contribution in [3.8, 4) is 0 Å². The fourth-order valence-corrected chi connectivity index (χ4v) is 1.16. The molecular formula is C10H21NO3. The second-order valence-electron chi connectivity index (χ2n) is 3.38. The SMILES string of the molecule is CCOCCC(NC(C)C)C(=O)OC. The zero-order chi connectivity index (χ0) is 11.0. The minimum atomic E-state index is -0.258. The highest BCUT2D eigenvalue weighted by molar-refractivity contribution is 5.75. The van der Waals surface area contributed by atoms with Crippen LogP contribution in [0.3, 0.4) is 0 Å². The van der Waals surface area contributed by atoms with Gasteiger partial charge >= 0.3 is 5.97 Å². The number of ether oxygens (including phenoxy) is 2. The van der Waals surface area contributed by atoms with Crippen LogP contribution in [0.5, 0.6) is 0 Å². The van der Waals surface area contributed by atoms with Gasteiger partial charge in [-0.3, -0.25) is 4.79 Å². The van der Waals surface area contributed by atoms with Crippen molar-refractivity contribution in [3.63, 3.8) is 0 Å². The molecular weight excluding hydrogens is 182 g/mol. The van der Waals surface area contributed by atoms with Crippen LogP contribution < -0.4 is 5.32 Å². The van der Waals surface area contributed by atoms with Gasteiger partial charge in [-0.1, -0.05) is 13.8 Å².